The molecule has 0 aliphatic carbocycles. The number of hydrogen-bond donors (Lipinski definition) is 1. The molecule has 0 aliphatic rings. The van der Waals surface area contributed by atoms with Gasteiger partial charge < -0.3 is 15.4 Å². The van der Waals surface area contributed by atoms with Crippen LogP contribution in [-0.4, -0.2) is 38.7 Å². The van der Waals surface area contributed by atoms with Gasteiger partial charge in [-0.2, -0.15) is 0 Å². The number of benzene rings is 1. The largest absolute Gasteiger partial charge is 0.496 e. The van der Waals surface area contributed by atoms with Gasteiger partial charge in [0, 0.05) is 13.1 Å². The van der Waals surface area contributed by atoms with E-state index in [1.165, 1.54) is 5.56 Å². The minimum absolute atomic E-state index is 0.553. The third-order valence-electron chi connectivity index (χ3n) is 3.02. The van der Waals surface area contributed by atoms with Crippen LogP contribution in [0.15, 0.2) is 22.7 Å². The molecule has 0 saturated heterocycles. The maximum Gasteiger partial charge on any atom is 0.133 e. The van der Waals surface area contributed by atoms with Crippen molar-refractivity contribution in [2.24, 2.45) is 11.7 Å². The van der Waals surface area contributed by atoms with Gasteiger partial charge in [0.2, 0.25) is 0 Å². The number of ether oxygens (including phenoxy) is 1. The van der Waals surface area contributed by atoms with Crippen LogP contribution in [0.2, 0.25) is 0 Å². The molecule has 0 amide bonds. The van der Waals surface area contributed by atoms with Crippen LogP contribution in [0.3, 0.4) is 0 Å². The van der Waals surface area contributed by atoms with Crippen LogP contribution in [0.5, 0.6) is 5.75 Å². The summed E-state index contributed by atoms with van der Waals surface area (Å²) < 4.78 is 6.24. The van der Waals surface area contributed by atoms with E-state index in [-0.39, 0.29) is 0 Å². The Hall–Kier alpha value is -0.580. The first-order chi connectivity index (χ1) is 8.56. The first kappa shape index (κ1) is 15.5. The number of methoxy groups -OCH3 is 1. The lowest BCUT2D eigenvalue weighted by atomic mass is 10.1. The lowest BCUT2D eigenvalue weighted by Crippen LogP contribution is -2.29. The summed E-state index contributed by atoms with van der Waals surface area (Å²) in [4.78, 5) is 2.33. The van der Waals surface area contributed by atoms with E-state index < -0.39 is 0 Å². The third kappa shape index (κ3) is 4.96. The topological polar surface area (TPSA) is 38.5 Å². The average molecular weight is 315 g/mol. The molecule has 2 N–H and O–H groups in total. The molecule has 18 heavy (non-hydrogen) atoms. The molecule has 0 saturated carbocycles. The molecule has 0 heterocycles. The highest BCUT2D eigenvalue weighted by Crippen LogP contribution is 2.25. The Kier molecular flexibility index (Phi) is 6.68. The molecule has 4 heteroatoms. The molecule has 102 valence electrons. The molecule has 0 radical (unpaired) electrons. The van der Waals surface area contributed by atoms with Crippen LogP contribution in [0.4, 0.5) is 0 Å². The van der Waals surface area contributed by atoms with Gasteiger partial charge in [0.05, 0.1) is 11.6 Å². The lowest BCUT2D eigenvalue weighted by molar-refractivity contribution is 0.292. The molecular weight excluding hydrogens is 292 g/mol. The fraction of sp³-hybridized carbons (Fsp3) is 0.571. The second-order valence-electron chi connectivity index (χ2n) is 4.82. The molecule has 0 aliphatic heterocycles. The molecule has 1 atom stereocenters. The maximum absolute atomic E-state index is 5.63. The van der Waals surface area contributed by atoms with E-state index in [2.05, 4.69) is 46.9 Å². The monoisotopic (exact) mass is 314 g/mol. The molecule has 0 fully saturated rings. The van der Waals surface area contributed by atoms with Crippen LogP contribution in [-0.2, 0) is 6.42 Å². The van der Waals surface area contributed by atoms with Gasteiger partial charge in [-0.15, -0.1) is 0 Å². The van der Waals surface area contributed by atoms with Crippen molar-refractivity contribution >= 4 is 15.9 Å². The van der Waals surface area contributed by atoms with Gasteiger partial charge in [-0.3, -0.25) is 0 Å². The van der Waals surface area contributed by atoms with Gasteiger partial charge >= 0.3 is 0 Å². The molecular formula is C14H23BrN2O. The smallest absolute Gasteiger partial charge is 0.133 e. The van der Waals surface area contributed by atoms with Crippen molar-refractivity contribution in [1.82, 2.24) is 4.90 Å². The van der Waals surface area contributed by atoms with Gasteiger partial charge in [-0.1, -0.05) is 13.0 Å². The van der Waals surface area contributed by atoms with Gasteiger partial charge in [0.25, 0.3) is 0 Å². The molecule has 0 bridgehead atoms. The number of nitrogens with zero attached hydrogens (tertiary/aromatic N) is 1. The van der Waals surface area contributed by atoms with E-state index in [9.17, 15) is 0 Å². The molecule has 1 aromatic rings. The fourth-order valence-electron chi connectivity index (χ4n) is 1.88. The standard InChI is InChI=1S/C14H23BrN2O/c1-11(9-16)10-17(2)7-6-12-4-5-14(18-3)13(15)8-12/h4-5,8,11H,6-7,9-10,16H2,1-3H3. The number of rotatable bonds is 7. The molecule has 0 aromatic heterocycles. The summed E-state index contributed by atoms with van der Waals surface area (Å²) in [6, 6.07) is 6.24. The number of likely N-dealkylation sites (N-methyl/N-ethyl adjacent to an activating group) is 1. The van der Waals surface area contributed by atoms with Crippen LogP contribution >= 0.6 is 15.9 Å². The van der Waals surface area contributed by atoms with E-state index >= 15 is 0 Å². The Morgan fingerprint density at radius 3 is 2.72 bits per heavy atom. The molecule has 1 rings (SSSR count). The fourth-order valence-corrected chi connectivity index (χ4v) is 2.47. The van der Waals surface area contributed by atoms with E-state index in [1.54, 1.807) is 7.11 Å². The highest BCUT2D eigenvalue weighted by molar-refractivity contribution is 9.10. The predicted molar refractivity (Wildman–Crippen MR) is 80.1 cm³/mol. The Morgan fingerprint density at radius 2 is 2.17 bits per heavy atom. The van der Waals surface area contributed by atoms with E-state index in [1.807, 2.05) is 6.07 Å². The van der Waals surface area contributed by atoms with Crippen molar-refractivity contribution in [3.05, 3.63) is 28.2 Å². The Bertz CT molecular complexity index is 371. The number of halogens is 1. The summed E-state index contributed by atoms with van der Waals surface area (Å²) in [7, 11) is 3.83. The quantitative estimate of drug-likeness (QED) is 0.840. The first-order valence-electron chi connectivity index (χ1n) is 6.27. The zero-order chi connectivity index (χ0) is 13.5. The van der Waals surface area contributed by atoms with Crippen LogP contribution in [0.1, 0.15) is 12.5 Å². The van der Waals surface area contributed by atoms with Crippen molar-refractivity contribution in [2.75, 3.05) is 33.8 Å². The van der Waals surface area contributed by atoms with Crippen molar-refractivity contribution < 1.29 is 4.74 Å². The maximum atomic E-state index is 5.63. The van der Waals surface area contributed by atoms with Gasteiger partial charge in [0.1, 0.15) is 5.75 Å². The summed E-state index contributed by atoms with van der Waals surface area (Å²) >= 11 is 3.51. The first-order valence-corrected chi connectivity index (χ1v) is 7.07. The third-order valence-corrected chi connectivity index (χ3v) is 3.64. The Morgan fingerprint density at radius 1 is 1.44 bits per heavy atom. The number of hydrogen-bond acceptors (Lipinski definition) is 3. The second kappa shape index (κ2) is 7.77. The van der Waals surface area contributed by atoms with Crippen LogP contribution in [0, 0.1) is 5.92 Å². The van der Waals surface area contributed by atoms with Crippen molar-refractivity contribution in [3.63, 3.8) is 0 Å². The molecule has 3 nitrogen and oxygen atoms in total. The van der Waals surface area contributed by atoms with E-state index in [0.29, 0.717) is 5.92 Å². The Labute approximate surface area is 118 Å². The summed E-state index contributed by atoms with van der Waals surface area (Å²) in [5.74, 6) is 1.43. The van der Waals surface area contributed by atoms with E-state index in [0.717, 1.165) is 36.3 Å². The van der Waals surface area contributed by atoms with Gasteiger partial charge in [-0.05, 0) is 59.6 Å². The van der Waals surface area contributed by atoms with Crippen molar-refractivity contribution in [2.45, 2.75) is 13.3 Å². The normalized spacial score (nSPS) is 12.8. The zero-order valence-corrected chi connectivity index (χ0v) is 13.0. The van der Waals surface area contributed by atoms with E-state index in [4.69, 9.17) is 10.5 Å². The summed E-state index contributed by atoms with van der Waals surface area (Å²) in [6.07, 6.45) is 1.04. The number of nitrogens with two attached hydrogens (primary N) is 1. The lowest BCUT2D eigenvalue weighted by Gasteiger charge is -2.20. The van der Waals surface area contributed by atoms with Crippen LogP contribution in [0.25, 0.3) is 0 Å². The SMILES string of the molecule is COc1ccc(CCN(C)CC(C)CN)cc1Br. The van der Waals surface area contributed by atoms with Crippen LogP contribution < -0.4 is 10.5 Å². The minimum Gasteiger partial charge on any atom is -0.496 e. The van der Waals surface area contributed by atoms with Gasteiger partial charge in [-0.25, -0.2) is 0 Å². The van der Waals surface area contributed by atoms with Crippen molar-refractivity contribution in [3.8, 4) is 5.75 Å². The second-order valence-corrected chi connectivity index (χ2v) is 5.68. The molecule has 1 unspecified atom stereocenters. The predicted octanol–water partition coefficient (Wildman–Crippen LogP) is 2.53. The zero-order valence-electron chi connectivity index (χ0n) is 11.4. The van der Waals surface area contributed by atoms with Gasteiger partial charge in [0.15, 0.2) is 0 Å². The minimum atomic E-state index is 0.553. The summed E-state index contributed by atoms with van der Waals surface area (Å²) in [5, 5.41) is 0. The van der Waals surface area contributed by atoms with Crippen molar-refractivity contribution in [1.29, 1.82) is 0 Å². The molecule has 0 spiro atoms. The Balaban J connectivity index is 2.46. The average Bonchev–Trinajstić information content (AvgIpc) is 2.36. The summed E-state index contributed by atoms with van der Waals surface area (Å²) in [6.45, 7) is 5.02. The highest BCUT2D eigenvalue weighted by Gasteiger charge is 2.06. The highest BCUT2D eigenvalue weighted by atomic mass is 79.9. The summed E-state index contributed by atoms with van der Waals surface area (Å²) in [5.41, 5.74) is 6.95. The molecule has 1 aromatic carbocycles.